The predicted octanol–water partition coefficient (Wildman–Crippen LogP) is 2.86. The zero-order valence-corrected chi connectivity index (χ0v) is 12.0. The molecule has 0 aliphatic heterocycles. The van der Waals surface area contributed by atoms with Crippen LogP contribution < -0.4 is 4.74 Å². The van der Waals surface area contributed by atoms with Gasteiger partial charge in [0.05, 0.1) is 0 Å². The first-order valence-electron chi connectivity index (χ1n) is 5.46. The SMILES string of the molecule is C=C(C)C(OC(=O)C(Cl)Oc1ccc(Cl)cc1)C(=O)O. The van der Waals surface area contributed by atoms with Crippen molar-refractivity contribution in [3.8, 4) is 5.75 Å². The maximum Gasteiger partial charge on any atom is 0.364 e. The standard InChI is InChI=1S/C13H12Cl2O5/c1-7(2)10(12(16)17)20-13(18)11(15)19-9-5-3-8(14)4-6-9/h3-6,10-11H,1H2,2H3,(H,16,17). The number of aliphatic carboxylic acids is 1. The van der Waals surface area contributed by atoms with Crippen molar-refractivity contribution in [3.05, 3.63) is 41.4 Å². The van der Waals surface area contributed by atoms with Crippen molar-refractivity contribution in [2.24, 2.45) is 0 Å². The zero-order valence-electron chi connectivity index (χ0n) is 10.5. The molecule has 108 valence electrons. The van der Waals surface area contributed by atoms with Gasteiger partial charge in [-0.1, -0.05) is 29.8 Å². The van der Waals surface area contributed by atoms with Crippen molar-refractivity contribution < 1.29 is 24.2 Å². The molecule has 0 spiro atoms. The Hall–Kier alpha value is -1.72. The van der Waals surface area contributed by atoms with Crippen molar-refractivity contribution in [3.63, 3.8) is 0 Å². The van der Waals surface area contributed by atoms with Crippen molar-refractivity contribution in [1.29, 1.82) is 0 Å². The van der Waals surface area contributed by atoms with Gasteiger partial charge in [-0.05, 0) is 36.8 Å². The maximum atomic E-state index is 11.6. The van der Waals surface area contributed by atoms with Gasteiger partial charge in [0, 0.05) is 5.02 Å². The molecule has 20 heavy (non-hydrogen) atoms. The third-order valence-corrected chi connectivity index (χ3v) is 2.66. The van der Waals surface area contributed by atoms with Crippen LogP contribution in [0, 0.1) is 0 Å². The van der Waals surface area contributed by atoms with Crippen LogP contribution in [-0.2, 0) is 14.3 Å². The Morgan fingerprint density at radius 1 is 1.30 bits per heavy atom. The number of carbonyl (C=O) groups excluding carboxylic acids is 1. The second-order valence-electron chi connectivity index (χ2n) is 3.89. The fourth-order valence-corrected chi connectivity index (χ4v) is 1.49. The Balaban J connectivity index is 2.65. The van der Waals surface area contributed by atoms with Crippen molar-refractivity contribution in [2.45, 2.75) is 18.6 Å². The van der Waals surface area contributed by atoms with E-state index in [9.17, 15) is 9.59 Å². The van der Waals surface area contributed by atoms with E-state index in [-0.39, 0.29) is 5.57 Å². The van der Waals surface area contributed by atoms with E-state index in [1.807, 2.05) is 0 Å². The van der Waals surface area contributed by atoms with Crippen LogP contribution in [0.5, 0.6) is 5.75 Å². The molecule has 2 atom stereocenters. The van der Waals surface area contributed by atoms with Crippen LogP contribution >= 0.6 is 23.2 Å². The quantitative estimate of drug-likeness (QED) is 0.496. The largest absolute Gasteiger partial charge is 0.478 e. The van der Waals surface area contributed by atoms with Gasteiger partial charge in [-0.2, -0.15) is 0 Å². The van der Waals surface area contributed by atoms with Gasteiger partial charge in [0.2, 0.25) is 6.10 Å². The molecule has 0 aliphatic carbocycles. The number of hydrogen-bond donors (Lipinski definition) is 1. The van der Waals surface area contributed by atoms with E-state index < -0.39 is 23.6 Å². The molecule has 0 heterocycles. The number of esters is 1. The molecule has 0 saturated carbocycles. The molecule has 1 aromatic carbocycles. The van der Waals surface area contributed by atoms with Crippen LogP contribution in [-0.4, -0.2) is 28.7 Å². The first kappa shape index (κ1) is 16.3. The molecule has 1 aromatic rings. The van der Waals surface area contributed by atoms with Crippen LogP contribution in [0.1, 0.15) is 6.92 Å². The van der Waals surface area contributed by atoms with Crippen LogP contribution in [0.4, 0.5) is 0 Å². The summed E-state index contributed by atoms with van der Waals surface area (Å²) in [5.74, 6) is -2.05. The van der Waals surface area contributed by atoms with Gasteiger partial charge in [0.1, 0.15) is 5.75 Å². The Morgan fingerprint density at radius 2 is 1.85 bits per heavy atom. The number of carboxylic acid groups (broad SMARTS) is 1. The lowest BCUT2D eigenvalue weighted by atomic mass is 10.2. The number of benzene rings is 1. The lowest BCUT2D eigenvalue weighted by Gasteiger charge is -2.16. The molecule has 7 heteroatoms. The molecule has 0 fully saturated rings. The molecule has 0 aromatic heterocycles. The fraction of sp³-hybridized carbons (Fsp3) is 0.231. The molecule has 2 unspecified atom stereocenters. The first-order chi connectivity index (χ1) is 9.31. The topological polar surface area (TPSA) is 72.8 Å². The van der Waals surface area contributed by atoms with Gasteiger partial charge in [0.15, 0.2) is 0 Å². The molecule has 0 radical (unpaired) electrons. The number of alkyl halides is 1. The molecule has 5 nitrogen and oxygen atoms in total. The van der Waals surface area contributed by atoms with Gasteiger partial charge in [-0.25, -0.2) is 9.59 Å². The Kier molecular flexibility index (Phi) is 5.85. The Bertz CT molecular complexity index is 498. The summed E-state index contributed by atoms with van der Waals surface area (Å²) in [4.78, 5) is 22.5. The lowest BCUT2D eigenvalue weighted by molar-refractivity contribution is -0.163. The highest BCUT2D eigenvalue weighted by Gasteiger charge is 2.28. The summed E-state index contributed by atoms with van der Waals surface area (Å²) in [5, 5.41) is 9.36. The Morgan fingerprint density at radius 3 is 2.30 bits per heavy atom. The number of carboxylic acids is 1. The maximum absolute atomic E-state index is 11.6. The fourth-order valence-electron chi connectivity index (χ4n) is 1.21. The molecule has 0 amide bonds. The molecule has 1 N–H and O–H groups in total. The average Bonchev–Trinajstić information content (AvgIpc) is 2.37. The minimum absolute atomic E-state index is 0.168. The second kappa shape index (κ2) is 7.17. The third-order valence-electron chi connectivity index (χ3n) is 2.14. The van der Waals surface area contributed by atoms with Crippen LogP contribution in [0.3, 0.4) is 0 Å². The monoisotopic (exact) mass is 318 g/mol. The van der Waals surface area contributed by atoms with Gasteiger partial charge >= 0.3 is 11.9 Å². The van der Waals surface area contributed by atoms with E-state index in [1.165, 1.54) is 19.1 Å². The minimum Gasteiger partial charge on any atom is -0.478 e. The van der Waals surface area contributed by atoms with Crippen molar-refractivity contribution in [1.82, 2.24) is 0 Å². The number of ether oxygens (including phenoxy) is 2. The highest BCUT2D eigenvalue weighted by molar-refractivity contribution is 6.30. The summed E-state index contributed by atoms with van der Waals surface area (Å²) in [6.07, 6.45) is -1.46. The molecule has 0 bridgehead atoms. The summed E-state index contributed by atoms with van der Waals surface area (Å²) in [5.41, 5.74) is -1.31. The number of hydrogen-bond acceptors (Lipinski definition) is 4. The summed E-state index contributed by atoms with van der Waals surface area (Å²) >= 11 is 11.4. The van der Waals surface area contributed by atoms with E-state index in [2.05, 4.69) is 6.58 Å². The molecule has 0 saturated heterocycles. The number of halogens is 2. The van der Waals surface area contributed by atoms with Crippen LogP contribution in [0.15, 0.2) is 36.4 Å². The van der Waals surface area contributed by atoms with Gasteiger partial charge < -0.3 is 14.6 Å². The summed E-state index contributed by atoms with van der Waals surface area (Å²) in [6.45, 7) is 4.85. The van der Waals surface area contributed by atoms with Gasteiger partial charge in [-0.15, -0.1) is 0 Å². The summed E-state index contributed by atoms with van der Waals surface area (Å²) in [6, 6.07) is 6.14. The number of carbonyl (C=O) groups is 2. The van der Waals surface area contributed by atoms with E-state index in [1.54, 1.807) is 12.1 Å². The first-order valence-corrected chi connectivity index (χ1v) is 6.27. The average molecular weight is 319 g/mol. The zero-order chi connectivity index (χ0) is 15.3. The van der Waals surface area contributed by atoms with E-state index >= 15 is 0 Å². The van der Waals surface area contributed by atoms with Crippen molar-refractivity contribution in [2.75, 3.05) is 0 Å². The third kappa shape index (κ3) is 4.75. The lowest BCUT2D eigenvalue weighted by Crippen LogP contribution is -2.33. The van der Waals surface area contributed by atoms with Crippen LogP contribution in [0.2, 0.25) is 5.02 Å². The molecular weight excluding hydrogens is 307 g/mol. The summed E-state index contributed by atoms with van der Waals surface area (Å²) in [7, 11) is 0. The van der Waals surface area contributed by atoms with Gasteiger partial charge in [-0.3, -0.25) is 0 Å². The van der Waals surface area contributed by atoms with E-state index in [4.69, 9.17) is 37.8 Å². The number of rotatable bonds is 6. The minimum atomic E-state index is -1.47. The highest BCUT2D eigenvalue weighted by Crippen LogP contribution is 2.19. The second-order valence-corrected chi connectivity index (χ2v) is 4.72. The van der Waals surface area contributed by atoms with Gasteiger partial charge in [0.25, 0.3) is 5.56 Å². The highest BCUT2D eigenvalue weighted by atomic mass is 35.5. The molecule has 1 rings (SSSR count). The van der Waals surface area contributed by atoms with E-state index in [0.29, 0.717) is 10.8 Å². The smallest absolute Gasteiger partial charge is 0.364 e. The normalized spacial score (nSPS) is 13.2. The Labute approximate surface area is 125 Å². The van der Waals surface area contributed by atoms with Crippen molar-refractivity contribution >= 4 is 35.1 Å². The predicted molar refractivity (Wildman–Crippen MR) is 74.1 cm³/mol. The molecular formula is C13H12Cl2O5. The van der Waals surface area contributed by atoms with E-state index in [0.717, 1.165) is 0 Å². The molecule has 0 aliphatic rings. The van der Waals surface area contributed by atoms with Crippen LogP contribution in [0.25, 0.3) is 0 Å². The summed E-state index contributed by atoms with van der Waals surface area (Å²) < 4.78 is 9.81.